The van der Waals surface area contributed by atoms with Crippen LogP contribution in [0.15, 0.2) is 18.2 Å². The lowest BCUT2D eigenvalue weighted by Gasteiger charge is -2.01. The van der Waals surface area contributed by atoms with Gasteiger partial charge in [-0.2, -0.15) is 5.26 Å². The van der Waals surface area contributed by atoms with Crippen LogP contribution in [0, 0.1) is 17.1 Å². The van der Waals surface area contributed by atoms with Gasteiger partial charge in [-0.1, -0.05) is 17.6 Å². The fourth-order valence-electron chi connectivity index (χ4n) is 0.841. The minimum absolute atomic E-state index is 0.0263. The monoisotopic (exact) mass is 145 g/mol. The van der Waals surface area contributed by atoms with Crippen LogP contribution in [0.3, 0.4) is 0 Å². The van der Waals surface area contributed by atoms with Crippen molar-refractivity contribution in [1.29, 1.82) is 5.26 Å². The summed E-state index contributed by atoms with van der Waals surface area (Å²) in [6.45, 7) is 0. The Morgan fingerprint density at radius 3 is 2.82 bits per heavy atom. The molecule has 0 amide bonds. The lowest BCUT2D eigenvalue weighted by atomic mass is 9.89. The predicted molar refractivity (Wildman–Crippen MR) is 41.1 cm³/mol. The van der Waals surface area contributed by atoms with Crippen LogP contribution < -0.4 is 5.46 Å². The fraction of sp³-hybridized carbons (Fsp3) is 0.125. The highest BCUT2D eigenvalue weighted by molar-refractivity contribution is 6.33. The van der Waals surface area contributed by atoms with E-state index in [-0.39, 0.29) is 12.0 Å². The van der Waals surface area contributed by atoms with Gasteiger partial charge in [0.2, 0.25) is 0 Å². The number of hydrogen-bond acceptors (Lipinski definition) is 1. The first-order valence-corrected chi connectivity index (χ1v) is 3.15. The second kappa shape index (κ2) is 3.20. The molecule has 0 heterocycles. The third-order valence-corrected chi connectivity index (χ3v) is 1.41. The highest BCUT2D eigenvalue weighted by Gasteiger charge is 2.02. The van der Waals surface area contributed by atoms with Gasteiger partial charge in [-0.05, 0) is 11.6 Å². The van der Waals surface area contributed by atoms with Crippen molar-refractivity contribution in [2.45, 2.75) is 6.42 Å². The first-order valence-electron chi connectivity index (χ1n) is 3.15. The maximum Gasteiger partial charge on any atom is 0.126 e. The Morgan fingerprint density at radius 1 is 1.55 bits per heavy atom. The molecular formula is C8H5BFN. The highest BCUT2D eigenvalue weighted by atomic mass is 19.1. The summed E-state index contributed by atoms with van der Waals surface area (Å²) in [6.07, 6.45) is 0.0263. The molecule has 1 aromatic rings. The third kappa shape index (κ3) is 1.59. The second-order valence-electron chi connectivity index (χ2n) is 2.14. The summed E-state index contributed by atoms with van der Waals surface area (Å²) in [5, 5.41) is 8.30. The van der Waals surface area contributed by atoms with Crippen molar-refractivity contribution in [3.8, 4) is 6.07 Å². The number of halogens is 1. The van der Waals surface area contributed by atoms with Gasteiger partial charge < -0.3 is 0 Å². The van der Waals surface area contributed by atoms with Crippen molar-refractivity contribution in [2.75, 3.05) is 0 Å². The zero-order chi connectivity index (χ0) is 8.27. The second-order valence-corrected chi connectivity index (χ2v) is 2.14. The van der Waals surface area contributed by atoms with E-state index in [4.69, 9.17) is 13.1 Å². The van der Waals surface area contributed by atoms with Crippen molar-refractivity contribution in [1.82, 2.24) is 0 Å². The zero-order valence-corrected chi connectivity index (χ0v) is 5.84. The Morgan fingerprint density at radius 2 is 2.27 bits per heavy atom. The maximum atomic E-state index is 12.8. The SMILES string of the molecule is [B]c1cccc(F)c1CC#N. The first kappa shape index (κ1) is 7.81. The van der Waals surface area contributed by atoms with Gasteiger partial charge in [0.1, 0.15) is 13.7 Å². The van der Waals surface area contributed by atoms with Crippen LogP contribution in [0.2, 0.25) is 0 Å². The largest absolute Gasteiger partial charge is 0.207 e. The first-order chi connectivity index (χ1) is 5.25. The molecule has 0 fully saturated rings. The quantitative estimate of drug-likeness (QED) is 0.533. The van der Waals surface area contributed by atoms with Crippen molar-refractivity contribution in [3.05, 3.63) is 29.6 Å². The van der Waals surface area contributed by atoms with Gasteiger partial charge in [0.05, 0.1) is 12.5 Å². The molecule has 0 bridgehead atoms. The summed E-state index contributed by atoms with van der Waals surface area (Å²) < 4.78 is 12.8. The molecule has 2 radical (unpaired) electrons. The van der Waals surface area contributed by atoms with Gasteiger partial charge in [-0.25, -0.2) is 4.39 Å². The average molecular weight is 145 g/mol. The summed E-state index contributed by atoms with van der Waals surface area (Å²) >= 11 is 0. The van der Waals surface area contributed by atoms with Crippen LogP contribution in [0.5, 0.6) is 0 Å². The molecule has 0 atom stereocenters. The van der Waals surface area contributed by atoms with E-state index in [1.54, 1.807) is 6.07 Å². The van der Waals surface area contributed by atoms with E-state index in [2.05, 4.69) is 0 Å². The van der Waals surface area contributed by atoms with Crippen LogP contribution in [-0.4, -0.2) is 7.85 Å². The van der Waals surface area contributed by atoms with Crippen LogP contribution in [0.1, 0.15) is 5.56 Å². The minimum atomic E-state index is -0.411. The number of nitrogens with zero attached hydrogens (tertiary/aromatic N) is 1. The summed E-state index contributed by atoms with van der Waals surface area (Å²) in [6, 6.07) is 6.24. The van der Waals surface area contributed by atoms with E-state index in [9.17, 15) is 4.39 Å². The molecule has 1 rings (SSSR count). The minimum Gasteiger partial charge on any atom is -0.207 e. The normalized spacial score (nSPS) is 9.09. The Hall–Kier alpha value is -1.30. The van der Waals surface area contributed by atoms with Crippen molar-refractivity contribution in [2.24, 2.45) is 0 Å². The van der Waals surface area contributed by atoms with E-state index >= 15 is 0 Å². The molecular weight excluding hydrogens is 140 g/mol. The predicted octanol–water partition coefficient (Wildman–Crippen LogP) is 0.686. The van der Waals surface area contributed by atoms with E-state index in [1.165, 1.54) is 12.1 Å². The third-order valence-electron chi connectivity index (χ3n) is 1.41. The number of hydrogen-bond donors (Lipinski definition) is 0. The van der Waals surface area contributed by atoms with Crippen molar-refractivity contribution < 1.29 is 4.39 Å². The Bertz CT molecular complexity index is 283. The van der Waals surface area contributed by atoms with Crippen LogP contribution in [0.4, 0.5) is 4.39 Å². The van der Waals surface area contributed by atoms with Gasteiger partial charge in [0.25, 0.3) is 0 Å². The number of nitriles is 1. The Kier molecular flexibility index (Phi) is 2.27. The van der Waals surface area contributed by atoms with Gasteiger partial charge in [0, 0.05) is 0 Å². The molecule has 52 valence electrons. The highest BCUT2D eigenvalue weighted by Crippen LogP contribution is 2.02. The Labute approximate surface area is 65.9 Å². The van der Waals surface area contributed by atoms with Crippen LogP contribution >= 0.6 is 0 Å². The number of benzene rings is 1. The topological polar surface area (TPSA) is 23.8 Å². The molecule has 0 saturated carbocycles. The molecule has 0 aliphatic rings. The van der Waals surface area contributed by atoms with Crippen molar-refractivity contribution in [3.63, 3.8) is 0 Å². The molecule has 0 saturated heterocycles. The summed E-state index contributed by atoms with van der Waals surface area (Å²) in [5.41, 5.74) is 0.626. The summed E-state index contributed by atoms with van der Waals surface area (Å²) in [5.74, 6) is -0.411. The number of rotatable bonds is 1. The molecule has 1 nitrogen and oxygen atoms in total. The smallest absolute Gasteiger partial charge is 0.126 e. The van der Waals surface area contributed by atoms with Gasteiger partial charge in [-0.3, -0.25) is 0 Å². The van der Waals surface area contributed by atoms with E-state index in [0.29, 0.717) is 5.46 Å². The molecule has 0 N–H and O–H groups in total. The molecule has 1 aromatic carbocycles. The lowest BCUT2D eigenvalue weighted by molar-refractivity contribution is 0.617. The van der Waals surface area contributed by atoms with E-state index in [1.807, 2.05) is 6.07 Å². The standard InChI is InChI=1S/C8H5BFN/c9-7-2-1-3-8(10)6(7)4-5-11/h1-3H,4H2. The van der Waals surface area contributed by atoms with Crippen molar-refractivity contribution >= 4 is 13.3 Å². The zero-order valence-electron chi connectivity index (χ0n) is 5.84. The lowest BCUT2D eigenvalue weighted by Crippen LogP contribution is -2.11. The maximum absolute atomic E-state index is 12.8. The molecule has 0 unspecified atom stereocenters. The van der Waals surface area contributed by atoms with Gasteiger partial charge in [-0.15, -0.1) is 0 Å². The molecule has 0 aromatic heterocycles. The summed E-state index contributed by atoms with van der Waals surface area (Å²) in [7, 11) is 5.42. The van der Waals surface area contributed by atoms with Gasteiger partial charge >= 0.3 is 0 Å². The average Bonchev–Trinajstić information content (AvgIpc) is 1.97. The van der Waals surface area contributed by atoms with Crippen LogP contribution in [0.25, 0.3) is 0 Å². The summed E-state index contributed by atoms with van der Waals surface area (Å²) in [4.78, 5) is 0. The fourth-order valence-corrected chi connectivity index (χ4v) is 0.841. The molecule has 0 aliphatic carbocycles. The van der Waals surface area contributed by atoms with E-state index in [0.717, 1.165) is 0 Å². The molecule has 0 spiro atoms. The molecule has 11 heavy (non-hydrogen) atoms. The van der Waals surface area contributed by atoms with Gasteiger partial charge in [0.15, 0.2) is 0 Å². The van der Waals surface area contributed by atoms with E-state index < -0.39 is 5.82 Å². The Balaban J connectivity index is 3.12. The molecule has 0 aliphatic heterocycles. The van der Waals surface area contributed by atoms with Crippen LogP contribution in [-0.2, 0) is 6.42 Å². The molecule has 3 heteroatoms.